The summed E-state index contributed by atoms with van der Waals surface area (Å²) in [4.78, 5) is 20.4. The summed E-state index contributed by atoms with van der Waals surface area (Å²) in [5.74, 6) is 2.55. The van der Waals surface area contributed by atoms with E-state index in [2.05, 4.69) is 19.9 Å². The molecule has 0 aromatic carbocycles. The Morgan fingerprint density at radius 2 is 1.90 bits per heavy atom. The first-order valence-electron chi connectivity index (χ1n) is 10.2. The lowest BCUT2D eigenvalue weighted by Gasteiger charge is -2.33. The van der Waals surface area contributed by atoms with Gasteiger partial charge in [0.2, 0.25) is 0 Å². The quantitative estimate of drug-likeness (QED) is 0.620. The fourth-order valence-corrected chi connectivity index (χ4v) is 4.15. The first-order valence-corrected chi connectivity index (χ1v) is 10.2. The van der Waals surface area contributed by atoms with Crippen molar-refractivity contribution in [1.29, 1.82) is 0 Å². The fraction of sp³-hybridized carbons (Fsp3) is 0.391. The molecule has 0 amide bonds. The molecule has 3 aromatic heterocycles. The van der Waals surface area contributed by atoms with E-state index < -0.39 is 0 Å². The maximum absolute atomic E-state index is 5.57. The van der Waals surface area contributed by atoms with Crippen LogP contribution in [0, 0.1) is 6.92 Å². The highest BCUT2D eigenvalue weighted by Gasteiger charge is 2.26. The summed E-state index contributed by atoms with van der Waals surface area (Å²) in [5, 5.41) is 0. The molecule has 0 radical (unpaired) electrons. The number of piperidine rings is 1. The van der Waals surface area contributed by atoms with Crippen LogP contribution < -0.4 is 9.47 Å². The van der Waals surface area contributed by atoms with Crippen molar-refractivity contribution < 1.29 is 9.47 Å². The highest BCUT2D eigenvalue weighted by atomic mass is 16.5. The number of rotatable bonds is 6. The summed E-state index contributed by atoms with van der Waals surface area (Å²) in [6.45, 7) is 4.60. The van der Waals surface area contributed by atoms with Gasteiger partial charge in [0, 0.05) is 55.4 Å². The van der Waals surface area contributed by atoms with E-state index in [1.807, 2.05) is 43.7 Å². The molecule has 156 valence electrons. The van der Waals surface area contributed by atoms with Crippen LogP contribution in [-0.4, -0.2) is 52.1 Å². The molecular weight excluding hydrogens is 378 g/mol. The number of hydrogen-bond donors (Lipinski definition) is 0. The fourth-order valence-electron chi connectivity index (χ4n) is 4.15. The molecular formula is C23H27N5O2. The van der Waals surface area contributed by atoms with Crippen molar-refractivity contribution >= 4 is 0 Å². The van der Waals surface area contributed by atoms with E-state index in [0.717, 1.165) is 54.3 Å². The molecule has 1 atom stereocenters. The van der Waals surface area contributed by atoms with Crippen molar-refractivity contribution in [2.45, 2.75) is 32.2 Å². The first-order chi connectivity index (χ1) is 14.7. The number of hydrogen-bond acceptors (Lipinski definition) is 7. The van der Waals surface area contributed by atoms with Crippen LogP contribution in [-0.2, 0) is 6.54 Å². The van der Waals surface area contributed by atoms with Crippen LogP contribution in [0.5, 0.6) is 11.5 Å². The van der Waals surface area contributed by atoms with Gasteiger partial charge in [-0.05, 0) is 44.0 Å². The normalized spacial score (nSPS) is 17.0. The third-order valence-corrected chi connectivity index (χ3v) is 5.56. The topological polar surface area (TPSA) is 73.3 Å². The average molecular weight is 406 g/mol. The summed E-state index contributed by atoms with van der Waals surface area (Å²) >= 11 is 0. The molecule has 1 unspecified atom stereocenters. The van der Waals surface area contributed by atoms with Crippen LogP contribution in [0.3, 0.4) is 0 Å². The van der Waals surface area contributed by atoms with Gasteiger partial charge in [0.25, 0.3) is 0 Å². The highest BCUT2D eigenvalue weighted by molar-refractivity contribution is 5.65. The zero-order valence-electron chi connectivity index (χ0n) is 17.7. The monoisotopic (exact) mass is 405 g/mol. The second-order valence-corrected chi connectivity index (χ2v) is 7.52. The van der Waals surface area contributed by atoms with Gasteiger partial charge in [0.15, 0.2) is 11.5 Å². The second kappa shape index (κ2) is 9.17. The Labute approximate surface area is 177 Å². The van der Waals surface area contributed by atoms with Crippen molar-refractivity contribution in [3.05, 3.63) is 60.2 Å². The summed E-state index contributed by atoms with van der Waals surface area (Å²) in [7, 11) is 3.31. The van der Waals surface area contributed by atoms with Gasteiger partial charge >= 0.3 is 0 Å². The van der Waals surface area contributed by atoms with Crippen LogP contribution in [0.2, 0.25) is 0 Å². The third kappa shape index (κ3) is 4.26. The maximum Gasteiger partial charge on any atom is 0.183 e. The van der Waals surface area contributed by atoms with Crippen molar-refractivity contribution in [3.8, 4) is 22.6 Å². The molecule has 1 fully saturated rings. The minimum atomic E-state index is 0.334. The molecule has 4 heterocycles. The van der Waals surface area contributed by atoms with Gasteiger partial charge in [-0.15, -0.1) is 0 Å². The van der Waals surface area contributed by atoms with Crippen LogP contribution >= 0.6 is 0 Å². The third-order valence-electron chi connectivity index (χ3n) is 5.56. The van der Waals surface area contributed by atoms with Crippen molar-refractivity contribution in [3.63, 3.8) is 0 Å². The van der Waals surface area contributed by atoms with E-state index in [9.17, 15) is 0 Å². The molecule has 0 saturated carbocycles. The molecule has 0 N–H and O–H groups in total. The van der Waals surface area contributed by atoms with Crippen LogP contribution in [0.25, 0.3) is 11.1 Å². The Hall–Kier alpha value is -3.06. The van der Waals surface area contributed by atoms with Gasteiger partial charge < -0.3 is 9.47 Å². The molecule has 7 nitrogen and oxygen atoms in total. The Morgan fingerprint density at radius 1 is 1.07 bits per heavy atom. The predicted octanol–water partition coefficient (Wildman–Crippen LogP) is 3.64. The van der Waals surface area contributed by atoms with E-state index in [0.29, 0.717) is 24.0 Å². The van der Waals surface area contributed by atoms with E-state index in [-0.39, 0.29) is 0 Å². The zero-order chi connectivity index (χ0) is 20.9. The molecule has 1 saturated heterocycles. The Morgan fingerprint density at radius 3 is 2.67 bits per heavy atom. The summed E-state index contributed by atoms with van der Waals surface area (Å²) in [6, 6.07) is 5.86. The Balaban J connectivity index is 1.59. The smallest absolute Gasteiger partial charge is 0.183 e. The molecule has 4 rings (SSSR count). The number of aromatic nitrogens is 4. The lowest BCUT2D eigenvalue weighted by Crippen LogP contribution is -2.35. The van der Waals surface area contributed by atoms with Gasteiger partial charge in [-0.3, -0.25) is 14.9 Å². The molecule has 0 bridgehead atoms. The van der Waals surface area contributed by atoms with Gasteiger partial charge in [0.05, 0.1) is 19.9 Å². The van der Waals surface area contributed by atoms with Gasteiger partial charge in [-0.2, -0.15) is 0 Å². The average Bonchev–Trinajstić information content (AvgIpc) is 2.79. The molecule has 1 aliphatic heterocycles. The number of ether oxygens (including phenoxy) is 2. The van der Waals surface area contributed by atoms with E-state index in [1.54, 1.807) is 20.4 Å². The summed E-state index contributed by atoms with van der Waals surface area (Å²) in [6.07, 6.45) is 9.55. The molecule has 1 aliphatic rings. The lowest BCUT2D eigenvalue weighted by molar-refractivity contribution is 0.193. The molecule has 3 aromatic rings. The predicted molar refractivity (Wildman–Crippen MR) is 115 cm³/mol. The lowest BCUT2D eigenvalue weighted by atomic mass is 9.90. The highest BCUT2D eigenvalue weighted by Crippen LogP contribution is 2.35. The Kier molecular flexibility index (Phi) is 6.18. The van der Waals surface area contributed by atoms with Gasteiger partial charge in [-0.25, -0.2) is 9.97 Å². The summed E-state index contributed by atoms with van der Waals surface area (Å²) in [5.41, 5.74) is 4.20. The van der Waals surface area contributed by atoms with Gasteiger partial charge in [0.1, 0.15) is 11.5 Å². The number of nitrogens with zero attached hydrogens (tertiary/aromatic N) is 5. The SMILES string of the molecule is COc1ccnc(CN2CCCC(c3nc(C)ncc3-c3ccncc3)C2)c1OC. The van der Waals surface area contributed by atoms with E-state index in [4.69, 9.17) is 14.5 Å². The van der Waals surface area contributed by atoms with Gasteiger partial charge in [-0.1, -0.05) is 0 Å². The molecule has 0 aliphatic carbocycles. The molecule has 30 heavy (non-hydrogen) atoms. The minimum Gasteiger partial charge on any atom is -0.493 e. The number of likely N-dealkylation sites (tertiary alicyclic amines) is 1. The van der Waals surface area contributed by atoms with Crippen molar-refractivity contribution in [1.82, 2.24) is 24.8 Å². The van der Waals surface area contributed by atoms with Crippen LogP contribution in [0.4, 0.5) is 0 Å². The number of pyridine rings is 2. The van der Waals surface area contributed by atoms with E-state index in [1.165, 1.54) is 0 Å². The van der Waals surface area contributed by atoms with Crippen molar-refractivity contribution in [2.24, 2.45) is 0 Å². The largest absolute Gasteiger partial charge is 0.493 e. The van der Waals surface area contributed by atoms with Crippen LogP contribution in [0.1, 0.15) is 36.0 Å². The molecule has 0 spiro atoms. The maximum atomic E-state index is 5.57. The standard InChI is InChI=1S/C23H27N5O2/c1-16-26-13-19(17-6-9-24-10-7-17)22(27-16)18-5-4-12-28(14-18)15-20-23(30-3)21(29-2)8-11-25-20/h6-11,13,18H,4-5,12,14-15H2,1-3H3. The molecule has 7 heteroatoms. The second-order valence-electron chi connectivity index (χ2n) is 7.52. The first kappa shape index (κ1) is 20.2. The zero-order valence-corrected chi connectivity index (χ0v) is 17.7. The minimum absolute atomic E-state index is 0.334. The number of aryl methyl sites for hydroxylation is 1. The Bertz CT molecular complexity index is 996. The van der Waals surface area contributed by atoms with E-state index >= 15 is 0 Å². The number of methoxy groups -OCH3 is 2. The summed E-state index contributed by atoms with van der Waals surface area (Å²) < 4.78 is 11.0. The van der Waals surface area contributed by atoms with Crippen LogP contribution in [0.15, 0.2) is 43.0 Å². The van der Waals surface area contributed by atoms with Crippen molar-refractivity contribution in [2.75, 3.05) is 27.3 Å².